The minimum absolute atomic E-state index is 0.110. The second kappa shape index (κ2) is 5.51. The number of benzene rings is 1. The van der Waals surface area contributed by atoms with E-state index in [9.17, 15) is 4.79 Å². The average molecular weight is 336 g/mol. The number of rotatable bonds is 4. The molecule has 1 aromatic carbocycles. The van der Waals surface area contributed by atoms with Gasteiger partial charge in [-0.25, -0.2) is 0 Å². The van der Waals surface area contributed by atoms with Crippen LogP contribution in [0.25, 0.3) is 0 Å². The maximum Gasteiger partial charge on any atom is 0.160 e. The Bertz CT molecular complexity index is 528. The average Bonchev–Trinajstić information content (AvgIpc) is 3.00. The van der Waals surface area contributed by atoms with Crippen molar-refractivity contribution in [1.82, 2.24) is 0 Å². The molecule has 2 saturated carbocycles. The fourth-order valence-electron chi connectivity index (χ4n) is 4.08. The zero-order chi connectivity index (χ0) is 14.3. The van der Waals surface area contributed by atoms with Gasteiger partial charge in [-0.3, -0.25) is 4.79 Å². The summed E-state index contributed by atoms with van der Waals surface area (Å²) >= 11 is 3.51. The third-order valence-electron chi connectivity index (χ3n) is 5.17. The first-order valence-corrected chi connectivity index (χ1v) is 8.35. The summed E-state index contributed by atoms with van der Waals surface area (Å²) in [4.78, 5) is 13.8. The molecular formula is C17H22BrNO. The Morgan fingerprint density at radius 3 is 2.70 bits per heavy atom. The number of halogens is 1. The van der Waals surface area contributed by atoms with E-state index in [0.29, 0.717) is 0 Å². The van der Waals surface area contributed by atoms with E-state index in [-0.39, 0.29) is 5.78 Å². The fourth-order valence-corrected chi connectivity index (χ4v) is 4.73. The first kappa shape index (κ1) is 14.1. The van der Waals surface area contributed by atoms with Gasteiger partial charge in [0.15, 0.2) is 5.78 Å². The Hall–Kier alpha value is -0.830. The summed E-state index contributed by atoms with van der Waals surface area (Å²) in [5.74, 6) is 2.94. The lowest BCUT2D eigenvalue weighted by Crippen LogP contribution is -2.28. The van der Waals surface area contributed by atoms with Crippen molar-refractivity contribution in [2.24, 2.45) is 17.8 Å². The lowest BCUT2D eigenvalue weighted by molar-refractivity contribution is 0.101. The van der Waals surface area contributed by atoms with Crippen molar-refractivity contribution in [2.75, 3.05) is 18.5 Å². The number of nitrogens with zero attached hydrogens (tertiary/aromatic N) is 1. The van der Waals surface area contributed by atoms with Crippen molar-refractivity contribution in [3.05, 3.63) is 28.2 Å². The van der Waals surface area contributed by atoms with E-state index < -0.39 is 0 Å². The molecule has 0 amide bonds. The van der Waals surface area contributed by atoms with Crippen LogP contribution < -0.4 is 4.90 Å². The van der Waals surface area contributed by atoms with Crippen molar-refractivity contribution < 1.29 is 4.79 Å². The highest BCUT2D eigenvalue weighted by molar-refractivity contribution is 9.10. The second-order valence-electron chi connectivity index (χ2n) is 6.54. The molecule has 2 nitrogen and oxygen atoms in total. The van der Waals surface area contributed by atoms with Gasteiger partial charge in [-0.15, -0.1) is 0 Å². The molecule has 20 heavy (non-hydrogen) atoms. The molecule has 3 rings (SSSR count). The van der Waals surface area contributed by atoms with Gasteiger partial charge in [0.2, 0.25) is 0 Å². The number of Topliss-reactive ketones (excluding diaryl/α,β-unsaturated/α-hetero) is 1. The molecule has 3 atom stereocenters. The van der Waals surface area contributed by atoms with Gasteiger partial charge in [0.05, 0.1) is 0 Å². The Kier molecular flexibility index (Phi) is 3.89. The van der Waals surface area contributed by atoms with Crippen LogP contribution in [0.4, 0.5) is 5.69 Å². The molecule has 108 valence electrons. The largest absolute Gasteiger partial charge is 0.374 e. The van der Waals surface area contributed by atoms with Crippen molar-refractivity contribution >= 4 is 27.4 Å². The highest BCUT2D eigenvalue weighted by Gasteiger charge is 2.39. The predicted octanol–water partition coefficient (Wildman–Crippen LogP) is 4.52. The SMILES string of the molecule is CC(=O)c1ccc(N(C)CC2CC3CCC2C3)cc1Br. The van der Waals surface area contributed by atoms with Crippen LogP contribution in [0.2, 0.25) is 0 Å². The number of ketones is 1. The van der Waals surface area contributed by atoms with E-state index in [1.165, 1.54) is 31.4 Å². The van der Waals surface area contributed by atoms with Crippen molar-refractivity contribution in [2.45, 2.75) is 32.6 Å². The van der Waals surface area contributed by atoms with Gasteiger partial charge in [0.25, 0.3) is 0 Å². The molecule has 1 aromatic rings. The summed E-state index contributed by atoms with van der Waals surface area (Å²) in [6, 6.07) is 6.07. The molecule has 3 heteroatoms. The molecule has 0 aromatic heterocycles. The molecular weight excluding hydrogens is 314 g/mol. The molecule has 3 unspecified atom stereocenters. The summed E-state index contributed by atoms with van der Waals surface area (Å²) < 4.78 is 0.905. The number of carbonyl (C=O) groups excluding carboxylic acids is 1. The minimum Gasteiger partial charge on any atom is -0.374 e. The van der Waals surface area contributed by atoms with Crippen LogP contribution in [0.1, 0.15) is 43.0 Å². The van der Waals surface area contributed by atoms with Gasteiger partial charge in [-0.1, -0.05) is 6.42 Å². The van der Waals surface area contributed by atoms with Gasteiger partial charge in [-0.05, 0) is 78.1 Å². The third-order valence-corrected chi connectivity index (χ3v) is 5.82. The molecule has 0 heterocycles. The summed E-state index contributed by atoms with van der Waals surface area (Å²) in [5, 5.41) is 0. The molecule has 0 aliphatic heterocycles. The number of hydrogen-bond acceptors (Lipinski definition) is 2. The van der Waals surface area contributed by atoms with E-state index in [2.05, 4.69) is 40.0 Å². The van der Waals surface area contributed by atoms with Crippen LogP contribution in [0.15, 0.2) is 22.7 Å². The Labute approximate surface area is 129 Å². The smallest absolute Gasteiger partial charge is 0.160 e. The molecule has 0 N–H and O–H groups in total. The van der Waals surface area contributed by atoms with E-state index in [0.717, 1.165) is 34.3 Å². The first-order valence-electron chi connectivity index (χ1n) is 7.56. The molecule has 0 radical (unpaired) electrons. The van der Waals surface area contributed by atoms with Gasteiger partial charge in [0, 0.05) is 29.3 Å². The standard InChI is InChI=1S/C17H22BrNO/c1-11(20)16-6-5-15(9-17(16)18)19(2)10-14-8-12-3-4-13(14)7-12/h5-6,9,12-14H,3-4,7-8,10H2,1-2H3. The Balaban J connectivity index is 1.69. The molecule has 2 aliphatic carbocycles. The zero-order valence-corrected chi connectivity index (χ0v) is 13.8. The van der Waals surface area contributed by atoms with Gasteiger partial charge in [-0.2, -0.15) is 0 Å². The van der Waals surface area contributed by atoms with Gasteiger partial charge < -0.3 is 4.90 Å². The van der Waals surface area contributed by atoms with Crippen LogP contribution in [-0.2, 0) is 0 Å². The third kappa shape index (κ3) is 2.65. The summed E-state index contributed by atoms with van der Waals surface area (Å²) in [6.45, 7) is 2.76. The quantitative estimate of drug-likeness (QED) is 0.753. The van der Waals surface area contributed by atoms with E-state index in [1.54, 1.807) is 6.92 Å². The predicted molar refractivity (Wildman–Crippen MR) is 86.4 cm³/mol. The van der Waals surface area contributed by atoms with Crippen molar-refractivity contribution in [1.29, 1.82) is 0 Å². The van der Waals surface area contributed by atoms with E-state index >= 15 is 0 Å². The molecule has 0 saturated heterocycles. The van der Waals surface area contributed by atoms with Crippen LogP contribution in [0.5, 0.6) is 0 Å². The summed E-state index contributed by atoms with van der Waals surface area (Å²) in [6.07, 6.45) is 5.78. The fraction of sp³-hybridized carbons (Fsp3) is 0.588. The topological polar surface area (TPSA) is 20.3 Å². The van der Waals surface area contributed by atoms with Crippen LogP contribution >= 0.6 is 15.9 Å². The highest BCUT2D eigenvalue weighted by Crippen LogP contribution is 2.48. The summed E-state index contributed by atoms with van der Waals surface area (Å²) in [7, 11) is 2.17. The molecule has 2 bridgehead atoms. The lowest BCUT2D eigenvalue weighted by atomic mass is 9.88. The van der Waals surface area contributed by atoms with Crippen LogP contribution in [-0.4, -0.2) is 19.4 Å². The number of fused-ring (bicyclic) bond motifs is 2. The van der Waals surface area contributed by atoms with E-state index in [1.807, 2.05) is 6.07 Å². The zero-order valence-electron chi connectivity index (χ0n) is 12.2. The maximum atomic E-state index is 11.5. The van der Waals surface area contributed by atoms with E-state index in [4.69, 9.17) is 0 Å². The first-order chi connectivity index (χ1) is 9.54. The van der Waals surface area contributed by atoms with Crippen molar-refractivity contribution in [3.8, 4) is 0 Å². The lowest BCUT2D eigenvalue weighted by Gasteiger charge is -2.28. The molecule has 0 spiro atoms. The second-order valence-corrected chi connectivity index (χ2v) is 7.39. The van der Waals surface area contributed by atoms with Crippen LogP contribution in [0.3, 0.4) is 0 Å². The Morgan fingerprint density at radius 1 is 1.35 bits per heavy atom. The molecule has 2 aliphatic rings. The molecule has 2 fully saturated rings. The van der Waals surface area contributed by atoms with Gasteiger partial charge >= 0.3 is 0 Å². The normalized spacial score (nSPS) is 27.9. The maximum absolute atomic E-state index is 11.5. The van der Waals surface area contributed by atoms with Gasteiger partial charge in [0.1, 0.15) is 0 Å². The number of anilines is 1. The Morgan fingerprint density at radius 2 is 2.15 bits per heavy atom. The monoisotopic (exact) mass is 335 g/mol. The minimum atomic E-state index is 0.110. The number of hydrogen-bond donors (Lipinski definition) is 0. The highest BCUT2D eigenvalue weighted by atomic mass is 79.9. The summed E-state index contributed by atoms with van der Waals surface area (Å²) in [5.41, 5.74) is 1.96. The van der Waals surface area contributed by atoms with Crippen LogP contribution in [0, 0.1) is 17.8 Å². The van der Waals surface area contributed by atoms with Crippen molar-refractivity contribution in [3.63, 3.8) is 0 Å². The number of carbonyl (C=O) groups is 1.